The maximum Gasteiger partial charge on any atom is 0.130 e. The molecule has 0 N–H and O–H groups in total. The molecule has 0 aromatic carbocycles. The van der Waals surface area contributed by atoms with Crippen LogP contribution in [0.2, 0.25) is 0 Å². The summed E-state index contributed by atoms with van der Waals surface area (Å²) in [6.45, 7) is 0. The molecule has 1 nitrogen and oxygen atoms in total. The van der Waals surface area contributed by atoms with Crippen LogP contribution in [-0.2, 0) is 0 Å². The molecule has 0 aromatic heterocycles. The van der Waals surface area contributed by atoms with Crippen molar-refractivity contribution in [2.45, 2.75) is 0 Å². The van der Waals surface area contributed by atoms with E-state index in [1.165, 1.54) is 5.40 Å². The first-order valence-electron chi connectivity index (χ1n) is 0.590. The molecule has 0 spiro atoms. The number of thiol groups is 1. The van der Waals surface area contributed by atoms with E-state index in [0.29, 0.717) is 0 Å². The lowest BCUT2D eigenvalue weighted by Crippen LogP contribution is -0.961. The third kappa shape index (κ3) is 58.8. The molecule has 0 saturated heterocycles. The van der Waals surface area contributed by atoms with Gasteiger partial charge in [0, 0.05) is 28.3 Å². The van der Waals surface area contributed by atoms with Gasteiger partial charge in [-0.05, 0) is 0 Å². The fourth-order valence-electron chi connectivity index (χ4n) is 0. The van der Waals surface area contributed by atoms with Crippen molar-refractivity contribution < 1.29 is 0 Å². The molecule has 0 unspecified atom stereocenters. The zero-order chi connectivity index (χ0) is 4.71. The van der Waals surface area contributed by atoms with E-state index in [1.54, 1.807) is 0 Å². The van der Waals surface area contributed by atoms with Gasteiger partial charge in [0.1, 0.15) is 5.40 Å². The second kappa shape index (κ2) is 21.4. The lowest BCUT2D eigenvalue weighted by atomic mass is 11.8. The van der Waals surface area contributed by atoms with Crippen molar-refractivity contribution in [2.24, 2.45) is 0 Å². The number of thiocyanates is 1. The van der Waals surface area contributed by atoms with Crippen LogP contribution >= 0.6 is 40.9 Å². The Morgan fingerprint density at radius 2 is 1.60 bits per heavy atom. The fourth-order valence-corrected chi connectivity index (χ4v) is 0. The van der Waals surface area contributed by atoms with Crippen LogP contribution in [0, 0.1) is 10.7 Å². The summed E-state index contributed by atoms with van der Waals surface area (Å²) < 4.78 is 0. The number of hydrogen-bond acceptors (Lipinski definition) is 2. The maximum absolute atomic E-state index is 7.18. The Balaban J connectivity index is 0. The number of hydrogen-bond donors (Lipinski definition) is 1. The van der Waals surface area contributed by atoms with E-state index in [-0.39, 0.29) is 0 Å². The Labute approximate surface area is 51.6 Å². The molecule has 0 aliphatic heterocycles. The van der Waals surface area contributed by atoms with Gasteiger partial charge in [0.15, 0.2) is 0 Å². The molecule has 4 heteroatoms. The summed E-state index contributed by atoms with van der Waals surface area (Å²) in [5, 5.41) is 8.63. The zero-order valence-corrected chi connectivity index (χ0v) is 6.22. The molecule has 0 aromatic rings. The quantitative estimate of drug-likeness (QED) is 0.489. The third-order valence-electron chi connectivity index (χ3n) is 0. The maximum atomic E-state index is 7.18. The van der Waals surface area contributed by atoms with Gasteiger partial charge in [0.05, 0.1) is 0 Å². The normalized spacial score (nSPS) is 2.80. The summed E-state index contributed by atoms with van der Waals surface area (Å²) in [6.07, 6.45) is 0. The van der Waals surface area contributed by atoms with Crippen LogP contribution in [0.15, 0.2) is 0 Å². The zero-order valence-electron chi connectivity index (χ0n) is 2.15. The summed E-state index contributed by atoms with van der Waals surface area (Å²) in [5.41, 5.74) is 0. The number of nitrogens with zero attached hydrogens (tertiary/aromatic N) is 1. The monoisotopic (exact) mass is 217 g/mol. The van der Waals surface area contributed by atoms with Gasteiger partial charge < -0.3 is 0 Å². The van der Waals surface area contributed by atoms with Crippen molar-refractivity contribution in [2.75, 3.05) is 0 Å². The molecule has 5 heavy (non-hydrogen) atoms. The average Bonchev–Trinajstić information content (AvgIpc) is 1.46. The van der Waals surface area contributed by atoms with Crippen LogP contribution in [0.25, 0.3) is 0 Å². The van der Waals surface area contributed by atoms with Crippen molar-refractivity contribution in [3.8, 4) is 5.40 Å². The highest BCUT2D eigenvalue weighted by atomic mass is 80.9. The Hall–Kier alpha value is 0.800. The van der Waals surface area contributed by atoms with Gasteiger partial charge in [-0.15, -0.1) is 0 Å². The molecule has 0 saturated carbocycles. The van der Waals surface area contributed by atoms with E-state index in [4.69, 9.17) is 5.26 Å². The lowest BCUT2D eigenvalue weighted by molar-refractivity contribution is 1.57. The van der Waals surface area contributed by atoms with Crippen molar-refractivity contribution >= 4 is 40.9 Å². The van der Waals surface area contributed by atoms with E-state index in [0.717, 1.165) is 0 Å². The Bertz CT molecular complexity index is 31.1. The highest BCUT2D eigenvalue weighted by molar-refractivity contribution is 9.93. The first kappa shape index (κ1) is 9.25. The Morgan fingerprint density at radius 1 is 1.60 bits per heavy atom. The first-order valence-corrected chi connectivity index (χ1v) is 4.75. The minimum atomic E-state index is 1.44. The van der Waals surface area contributed by atoms with Gasteiger partial charge in [-0.25, -0.2) is 0 Å². The SMILES string of the molecule is BrBr.N#CS. The van der Waals surface area contributed by atoms with Crippen LogP contribution in [0.5, 0.6) is 0 Å². The van der Waals surface area contributed by atoms with Crippen LogP contribution in [0.4, 0.5) is 0 Å². The topological polar surface area (TPSA) is 23.8 Å². The van der Waals surface area contributed by atoms with E-state index in [2.05, 4.69) is 40.9 Å². The average molecular weight is 219 g/mol. The van der Waals surface area contributed by atoms with Crippen LogP contribution in [0.3, 0.4) is 0 Å². The van der Waals surface area contributed by atoms with Crippen molar-refractivity contribution in [3.05, 3.63) is 0 Å². The summed E-state index contributed by atoms with van der Waals surface area (Å²) in [4.78, 5) is 0. The highest BCUT2D eigenvalue weighted by Gasteiger charge is 1.18. The second-order valence-corrected chi connectivity index (χ2v) is 0.300. The fraction of sp³-hybridized carbons (Fsp3) is 0. The molecule has 0 atom stereocenters. The first-order chi connectivity index (χ1) is 2.41. The Kier molecular flexibility index (Phi) is 39.6. The van der Waals surface area contributed by atoms with E-state index >= 15 is 0 Å². The third-order valence-corrected chi connectivity index (χ3v) is 0. The molecule has 0 amide bonds. The molecule has 0 aliphatic rings. The van der Waals surface area contributed by atoms with E-state index in [9.17, 15) is 0 Å². The minimum Gasteiger partial charge on any atom is -0.185 e. The second-order valence-electron chi connectivity index (χ2n) is 0.100. The summed E-state index contributed by atoms with van der Waals surface area (Å²) in [6, 6.07) is 0. The number of nitriles is 1. The molecule has 0 radical (unpaired) electrons. The molecule has 0 aliphatic carbocycles. The van der Waals surface area contributed by atoms with Crippen molar-refractivity contribution in [1.29, 1.82) is 5.26 Å². The molecule has 0 fully saturated rings. The van der Waals surface area contributed by atoms with Gasteiger partial charge >= 0.3 is 0 Å². The van der Waals surface area contributed by atoms with Gasteiger partial charge in [-0.2, -0.15) is 5.26 Å². The van der Waals surface area contributed by atoms with Crippen LogP contribution in [0.1, 0.15) is 0 Å². The van der Waals surface area contributed by atoms with Gasteiger partial charge in [0.2, 0.25) is 0 Å². The highest BCUT2D eigenvalue weighted by Crippen LogP contribution is 1.85. The molecule has 0 rings (SSSR count). The van der Waals surface area contributed by atoms with Crippen molar-refractivity contribution in [1.82, 2.24) is 0 Å². The summed E-state index contributed by atoms with van der Waals surface area (Å²) in [5.74, 6) is 0. The predicted molar refractivity (Wildman–Crippen MR) is 32.5 cm³/mol. The van der Waals surface area contributed by atoms with E-state index < -0.39 is 0 Å². The molecule has 0 heterocycles. The number of rotatable bonds is 0. The van der Waals surface area contributed by atoms with Crippen molar-refractivity contribution in [3.63, 3.8) is 0 Å². The summed E-state index contributed by atoms with van der Waals surface area (Å²) in [7, 11) is 0. The van der Waals surface area contributed by atoms with Gasteiger partial charge in [0.25, 0.3) is 0 Å². The summed E-state index contributed by atoms with van der Waals surface area (Å²) >= 11 is 8.59. The molecular formula is CHBr2NS. The largest absolute Gasteiger partial charge is 0.185 e. The predicted octanol–water partition coefficient (Wildman–Crippen LogP) is 2.09. The molecule has 0 bridgehead atoms. The molecule has 30 valence electrons. The lowest BCUT2D eigenvalue weighted by Gasteiger charge is -1.14. The van der Waals surface area contributed by atoms with Crippen LogP contribution in [-0.4, -0.2) is 0 Å². The smallest absolute Gasteiger partial charge is 0.130 e. The van der Waals surface area contributed by atoms with Gasteiger partial charge in [-0.1, -0.05) is 12.6 Å². The van der Waals surface area contributed by atoms with Gasteiger partial charge in [-0.3, -0.25) is 0 Å². The molecular weight excluding hydrogens is 218 g/mol. The number of halogens is 2. The van der Waals surface area contributed by atoms with Crippen LogP contribution < -0.4 is 0 Å². The van der Waals surface area contributed by atoms with E-state index in [1.807, 2.05) is 0 Å². The standard InChI is InChI=1S/CHNS.Br2/c2-1-3;1-2/h3H;. The minimum absolute atomic E-state index is 1.44. The Morgan fingerprint density at radius 3 is 1.60 bits per heavy atom.